The highest BCUT2D eigenvalue weighted by Gasteiger charge is 2.07. The highest BCUT2D eigenvalue weighted by atomic mass is 35.5. The van der Waals surface area contributed by atoms with Crippen molar-refractivity contribution in [3.8, 4) is 0 Å². The van der Waals surface area contributed by atoms with Crippen molar-refractivity contribution >= 4 is 29.2 Å². The van der Waals surface area contributed by atoms with E-state index in [0.717, 1.165) is 11.3 Å². The second kappa shape index (κ2) is 5.46. The lowest BCUT2D eigenvalue weighted by Gasteiger charge is -2.04. The molecule has 0 aliphatic heterocycles. The minimum atomic E-state index is 0.0134. The van der Waals surface area contributed by atoms with Crippen molar-refractivity contribution in [2.45, 2.75) is 17.9 Å². The van der Waals surface area contributed by atoms with Gasteiger partial charge >= 0.3 is 0 Å². The number of amidine groups is 1. The standard InChI is InChI=1S/C12H12ClN3OS/c1-7-5-17-12(16-7)18-6-9-3-2-8(11(14)15)4-10(9)13/h2-5H,6H2,1H3,(H3,14,15). The van der Waals surface area contributed by atoms with Crippen molar-refractivity contribution in [3.05, 3.63) is 46.3 Å². The number of nitrogens with zero attached hydrogens (tertiary/aromatic N) is 1. The van der Waals surface area contributed by atoms with E-state index in [1.165, 1.54) is 11.8 Å². The normalized spacial score (nSPS) is 10.6. The minimum absolute atomic E-state index is 0.0134. The second-order valence-corrected chi connectivity index (χ2v) is 5.10. The van der Waals surface area contributed by atoms with Gasteiger partial charge in [0.15, 0.2) is 0 Å². The molecule has 94 valence electrons. The third kappa shape index (κ3) is 3.05. The van der Waals surface area contributed by atoms with Gasteiger partial charge in [-0.05, 0) is 18.6 Å². The molecule has 2 rings (SSSR count). The van der Waals surface area contributed by atoms with Crippen LogP contribution in [0.1, 0.15) is 16.8 Å². The van der Waals surface area contributed by atoms with Gasteiger partial charge in [0, 0.05) is 16.3 Å². The minimum Gasteiger partial charge on any atom is -0.440 e. The van der Waals surface area contributed by atoms with Crippen LogP contribution in [0.2, 0.25) is 5.02 Å². The quantitative estimate of drug-likeness (QED) is 0.512. The van der Waals surface area contributed by atoms with Gasteiger partial charge in [0.2, 0.25) is 0 Å². The molecule has 4 nitrogen and oxygen atoms in total. The molecule has 0 saturated heterocycles. The van der Waals surface area contributed by atoms with Crippen LogP contribution in [-0.2, 0) is 5.75 Å². The first-order valence-electron chi connectivity index (χ1n) is 5.24. The number of nitrogen functional groups attached to an aromatic ring is 1. The summed E-state index contributed by atoms with van der Waals surface area (Å²) >= 11 is 7.60. The number of aryl methyl sites for hydroxylation is 1. The number of hydrogen-bond donors (Lipinski definition) is 2. The molecule has 0 saturated carbocycles. The number of thioether (sulfide) groups is 1. The molecule has 6 heteroatoms. The van der Waals surface area contributed by atoms with E-state index in [0.29, 0.717) is 21.6 Å². The van der Waals surface area contributed by atoms with Crippen LogP contribution in [-0.4, -0.2) is 10.8 Å². The highest BCUT2D eigenvalue weighted by molar-refractivity contribution is 7.98. The molecule has 0 amide bonds. The first-order valence-corrected chi connectivity index (χ1v) is 6.60. The van der Waals surface area contributed by atoms with E-state index in [4.69, 9.17) is 27.2 Å². The molecule has 0 aliphatic carbocycles. The zero-order valence-electron chi connectivity index (χ0n) is 9.74. The monoisotopic (exact) mass is 281 g/mol. The van der Waals surface area contributed by atoms with Crippen LogP contribution < -0.4 is 5.73 Å². The SMILES string of the molecule is Cc1coc(SCc2ccc(C(=N)N)cc2Cl)n1. The van der Waals surface area contributed by atoms with Crippen molar-refractivity contribution < 1.29 is 4.42 Å². The molecule has 1 heterocycles. The van der Waals surface area contributed by atoms with E-state index in [1.807, 2.05) is 13.0 Å². The molecular weight excluding hydrogens is 270 g/mol. The molecule has 0 radical (unpaired) electrons. The van der Waals surface area contributed by atoms with Gasteiger partial charge in [-0.1, -0.05) is 35.5 Å². The van der Waals surface area contributed by atoms with Crippen LogP contribution in [0.4, 0.5) is 0 Å². The lowest BCUT2D eigenvalue weighted by molar-refractivity contribution is 0.454. The van der Waals surface area contributed by atoms with Gasteiger partial charge in [-0.3, -0.25) is 5.41 Å². The Labute approximate surface area is 114 Å². The Bertz CT molecular complexity index is 582. The van der Waals surface area contributed by atoms with Gasteiger partial charge in [-0.15, -0.1) is 0 Å². The van der Waals surface area contributed by atoms with Crippen LogP contribution in [0.25, 0.3) is 0 Å². The van der Waals surface area contributed by atoms with Gasteiger partial charge in [0.05, 0.1) is 5.69 Å². The van der Waals surface area contributed by atoms with Crippen molar-refractivity contribution in [1.82, 2.24) is 4.98 Å². The summed E-state index contributed by atoms with van der Waals surface area (Å²) in [4.78, 5) is 4.20. The van der Waals surface area contributed by atoms with Crippen molar-refractivity contribution in [1.29, 1.82) is 5.41 Å². The van der Waals surface area contributed by atoms with Gasteiger partial charge < -0.3 is 10.2 Å². The maximum Gasteiger partial charge on any atom is 0.256 e. The summed E-state index contributed by atoms with van der Waals surface area (Å²) in [6, 6.07) is 5.34. The molecule has 0 unspecified atom stereocenters. The van der Waals surface area contributed by atoms with Crippen LogP contribution >= 0.6 is 23.4 Å². The topological polar surface area (TPSA) is 75.9 Å². The fourth-order valence-corrected chi connectivity index (χ4v) is 2.55. The van der Waals surface area contributed by atoms with E-state index in [9.17, 15) is 0 Å². The van der Waals surface area contributed by atoms with Crippen LogP contribution in [0.3, 0.4) is 0 Å². The molecule has 1 aromatic heterocycles. The Morgan fingerprint density at radius 2 is 2.33 bits per heavy atom. The second-order valence-electron chi connectivity index (χ2n) is 3.76. The van der Waals surface area contributed by atoms with Gasteiger partial charge in [-0.25, -0.2) is 4.98 Å². The predicted molar refractivity (Wildman–Crippen MR) is 73.3 cm³/mol. The highest BCUT2D eigenvalue weighted by Crippen LogP contribution is 2.26. The van der Waals surface area contributed by atoms with Crippen molar-refractivity contribution in [2.75, 3.05) is 0 Å². The van der Waals surface area contributed by atoms with Gasteiger partial charge in [-0.2, -0.15) is 0 Å². The summed E-state index contributed by atoms with van der Waals surface area (Å²) in [6.45, 7) is 1.88. The summed E-state index contributed by atoms with van der Waals surface area (Å²) in [5, 5.41) is 8.55. The summed E-state index contributed by atoms with van der Waals surface area (Å²) in [5.41, 5.74) is 7.84. The molecule has 0 spiro atoms. The van der Waals surface area contributed by atoms with Crippen LogP contribution in [0, 0.1) is 12.3 Å². The summed E-state index contributed by atoms with van der Waals surface area (Å²) in [5.74, 6) is 0.677. The molecule has 0 atom stereocenters. The molecule has 0 fully saturated rings. The Morgan fingerprint density at radius 1 is 1.56 bits per heavy atom. The Kier molecular flexibility index (Phi) is 3.93. The third-order valence-electron chi connectivity index (χ3n) is 2.31. The molecule has 2 aromatic rings. The maximum atomic E-state index is 7.33. The van der Waals surface area contributed by atoms with Crippen LogP contribution in [0.5, 0.6) is 0 Å². The third-order valence-corrected chi connectivity index (χ3v) is 3.55. The number of nitrogens with two attached hydrogens (primary N) is 1. The average molecular weight is 282 g/mol. The van der Waals surface area contributed by atoms with Crippen molar-refractivity contribution in [2.24, 2.45) is 5.73 Å². The summed E-state index contributed by atoms with van der Waals surface area (Å²) < 4.78 is 5.24. The number of hydrogen-bond acceptors (Lipinski definition) is 4. The number of oxazole rings is 1. The molecular formula is C12H12ClN3OS. The fraction of sp³-hybridized carbons (Fsp3) is 0.167. The summed E-state index contributed by atoms with van der Waals surface area (Å²) in [7, 11) is 0. The lowest BCUT2D eigenvalue weighted by atomic mass is 10.1. The molecule has 3 N–H and O–H groups in total. The number of halogens is 1. The maximum absolute atomic E-state index is 7.33. The Morgan fingerprint density at radius 3 is 2.89 bits per heavy atom. The zero-order chi connectivity index (χ0) is 13.1. The number of aromatic nitrogens is 1. The molecule has 0 bridgehead atoms. The first-order chi connectivity index (χ1) is 8.56. The average Bonchev–Trinajstić information content (AvgIpc) is 2.73. The Balaban J connectivity index is 2.08. The van der Waals surface area contributed by atoms with E-state index in [-0.39, 0.29) is 5.84 Å². The lowest BCUT2D eigenvalue weighted by Crippen LogP contribution is -2.10. The van der Waals surface area contributed by atoms with E-state index < -0.39 is 0 Å². The molecule has 18 heavy (non-hydrogen) atoms. The smallest absolute Gasteiger partial charge is 0.256 e. The van der Waals surface area contributed by atoms with E-state index >= 15 is 0 Å². The Hall–Kier alpha value is -1.46. The van der Waals surface area contributed by atoms with Gasteiger partial charge in [0.25, 0.3) is 5.22 Å². The zero-order valence-corrected chi connectivity index (χ0v) is 11.3. The summed E-state index contributed by atoms with van der Waals surface area (Å²) in [6.07, 6.45) is 1.61. The number of rotatable bonds is 4. The van der Waals surface area contributed by atoms with E-state index in [1.54, 1.807) is 18.4 Å². The fourth-order valence-electron chi connectivity index (χ4n) is 1.37. The van der Waals surface area contributed by atoms with Crippen LogP contribution in [0.15, 0.2) is 34.1 Å². The first kappa shape index (κ1) is 13.0. The molecule has 0 aliphatic rings. The number of nitrogens with one attached hydrogen (secondary N) is 1. The number of benzene rings is 1. The van der Waals surface area contributed by atoms with Crippen molar-refractivity contribution in [3.63, 3.8) is 0 Å². The molecule has 1 aromatic carbocycles. The van der Waals surface area contributed by atoms with Gasteiger partial charge in [0.1, 0.15) is 12.1 Å². The largest absolute Gasteiger partial charge is 0.440 e. The van der Waals surface area contributed by atoms with E-state index in [2.05, 4.69) is 4.98 Å². The predicted octanol–water partition coefficient (Wildman–Crippen LogP) is 3.21.